The summed E-state index contributed by atoms with van der Waals surface area (Å²) in [5, 5.41) is 5.06. The number of aryl methyl sites for hydroxylation is 1. The maximum atomic E-state index is 14.9. The van der Waals surface area contributed by atoms with Gasteiger partial charge >= 0.3 is 12.2 Å². The SMILES string of the molecule is C=C[C@@H]1C[C@]1(NC(=O)[C@@H]1C[C@@H]2CN1C(=O)[C@H](C1(C)CCCCC1)NC(=O)OCC(C)(C)CCCCc1cccc3c1CN(C3)C(=O)O2)C(=O)NS(=O)(=O)C1CC1. The Bertz CT molecular complexity index is 1870. The van der Waals surface area contributed by atoms with Crippen molar-refractivity contribution in [2.45, 2.75) is 146 Å². The van der Waals surface area contributed by atoms with E-state index < -0.39 is 80.2 Å². The molecule has 1 aromatic rings. The van der Waals surface area contributed by atoms with Gasteiger partial charge in [0, 0.05) is 25.4 Å². The molecule has 6 aliphatic rings. The van der Waals surface area contributed by atoms with Crippen LogP contribution in [0.1, 0.15) is 115 Å². The van der Waals surface area contributed by atoms with Crippen molar-refractivity contribution in [2.75, 3.05) is 13.2 Å². The highest BCUT2D eigenvalue weighted by Crippen LogP contribution is 2.46. The average molecular weight is 796 g/mol. The normalized spacial score (nSPS) is 30.7. The van der Waals surface area contributed by atoms with E-state index in [0.29, 0.717) is 38.8 Å². The number of alkyl carbamates (subject to hydrolysis) is 1. The molecule has 56 heavy (non-hydrogen) atoms. The number of sulfonamides is 1. The Balaban J connectivity index is 1.19. The third kappa shape index (κ3) is 8.29. The van der Waals surface area contributed by atoms with Crippen LogP contribution in [0.4, 0.5) is 9.59 Å². The number of hydrogen-bond donors (Lipinski definition) is 3. The molecule has 4 fully saturated rings. The molecule has 5 atom stereocenters. The van der Waals surface area contributed by atoms with Crippen molar-refractivity contribution in [1.82, 2.24) is 25.2 Å². The van der Waals surface area contributed by atoms with E-state index in [4.69, 9.17) is 9.47 Å². The molecule has 3 aliphatic heterocycles. The number of nitrogens with zero attached hydrogens (tertiary/aromatic N) is 2. The Hall–Kier alpha value is -4.14. The van der Waals surface area contributed by atoms with Crippen LogP contribution in [-0.4, -0.2) is 90.3 Å². The third-order valence-corrected chi connectivity index (χ3v) is 14.9. The lowest BCUT2D eigenvalue weighted by Crippen LogP contribution is -2.61. The van der Waals surface area contributed by atoms with E-state index in [1.165, 1.54) is 16.5 Å². The summed E-state index contributed by atoms with van der Waals surface area (Å²) >= 11 is 0. The van der Waals surface area contributed by atoms with Crippen molar-refractivity contribution < 1.29 is 41.9 Å². The summed E-state index contributed by atoms with van der Waals surface area (Å²) in [6.07, 6.45) is 7.88. The molecule has 7 rings (SSSR count). The van der Waals surface area contributed by atoms with Crippen LogP contribution < -0.4 is 15.4 Å². The van der Waals surface area contributed by atoms with Crippen LogP contribution in [0.15, 0.2) is 30.9 Å². The number of rotatable bonds is 7. The minimum atomic E-state index is -3.91. The highest BCUT2D eigenvalue weighted by Gasteiger charge is 2.62. The molecule has 3 N–H and O–H groups in total. The fourth-order valence-electron chi connectivity index (χ4n) is 9.23. The fraction of sp³-hybridized carbons (Fsp3) is 0.683. The first-order chi connectivity index (χ1) is 26.5. The van der Waals surface area contributed by atoms with Gasteiger partial charge in [-0.05, 0) is 78.9 Å². The van der Waals surface area contributed by atoms with E-state index in [9.17, 15) is 32.4 Å². The fourth-order valence-corrected chi connectivity index (χ4v) is 10.6. The van der Waals surface area contributed by atoms with E-state index in [1.807, 2.05) is 19.1 Å². The summed E-state index contributed by atoms with van der Waals surface area (Å²) in [6, 6.07) is 3.87. The van der Waals surface area contributed by atoms with Gasteiger partial charge in [0.2, 0.25) is 21.8 Å². The quantitative estimate of drug-likeness (QED) is 0.333. The Kier molecular flexibility index (Phi) is 11.0. The smallest absolute Gasteiger partial charge is 0.410 e. The number of ether oxygens (including phenoxy) is 2. The molecule has 3 heterocycles. The van der Waals surface area contributed by atoms with Crippen LogP contribution in [0.5, 0.6) is 0 Å². The molecule has 0 unspecified atom stereocenters. The molecule has 0 spiro atoms. The number of hydrogen-bond acceptors (Lipinski definition) is 9. The van der Waals surface area contributed by atoms with Gasteiger partial charge in [-0.15, -0.1) is 6.58 Å². The van der Waals surface area contributed by atoms with Gasteiger partial charge in [0.15, 0.2) is 0 Å². The Morgan fingerprint density at radius 1 is 0.982 bits per heavy atom. The van der Waals surface area contributed by atoms with Crippen molar-refractivity contribution in [3.05, 3.63) is 47.5 Å². The Morgan fingerprint density at radius 3 is 2.39 bits per heavy atom. The molecule has 3 saturated carbocycles. The second-order valence-corrected chi connectivity index (χ2v) is 20.0. The number of amides is 5. The highest BCUT2D eigenvalue weighted by molar-refractivity contribution is 7.91. The van der Waals surface area contributed by atoms with Crippen molar-refractivity contribution in [3.63, 3.8) is 0 Å². The lowest BCUT2D eigenvalue weighted by atomic mass is 9.70. The Morgan fingerprint density at radius 2 is 1.70 bits per heavy atom. The molecule has 3 aliphatic carbocycles. The second kappa shape index (κ2) is 15.3. The standard InChI is InChI=1S/C41H57N5O9S/c1-5-28-21-41(28,36(49)44-56(52,53)30-15-16-30)43-34(47)32-20-29-23-46(32)35(48)33(40(4)18-8-6-9-19-40)42-37(50)54-25-39(2,3)17-10-7-12-26-13-11-14-27-22-45(24-31(26)27)38(51)55-29/h5,11,13-14,28-30,32-33H,1,6-10,12,15-25H2,2-4H3,(H,42,50)(H,43,47)(H,44,49)/t28-,29-,32+,33-,41-/m1/s1. The van der Waals surface area contributed by atoms with Crippen LogP contribution in [0, 0.1) is 16.7 Å². The second-order valence-electron chi connectivity index (χ2n) is 18.1. The van der Waals surface area contributed by atoms with Crippen LogP contribution in [-0.2, 0) is 53.4 Å². The van der Waals surface area contributed by atoms with Crippen LogP contribution >= 0.6 is 0 Å². The molecule has 15 heteroatoms. The predicted octanol–water partition coefficient (Wildman–Crippen LogP) is 4.60. The summed E-state index contributed by atoms with van der Waals surface area (Å²) in [7, 11) is -3.91. The summed E-state index contributed by atoms with van der Waals surface area (Å²) in [4.78, 5) is 73.3. The van der Waals surface area contributed by atoms with E-state index >= 15 is 0 Å². The summed E-state index contributed by atoms with van der Waals surface area (Å²) in [5.74, 6) is -2.58. The first kappa shape index (κ1) is 40.1. The molecule has 5 amide bonds. The Labute approximate surface area is 329 Å². The van der Waals surface area contributed by atoms with Crippen LogP contribution in [0.25, 0.3) is 0 Å². The van der Waals surface area contributed by atoms with E-state index in [0.717, 1.165) is 56.1 Å². The summed E-state index contributed by atoms with van der Waals surface area (Å²) in [6.45, 7) is 10.7. The summed E-state index contributed by atoms with van der Waals surface area (Å²) < 4.78 is 39.6. The van der Waals surface area contributed by atoms with Gasteiger partial charge in [0.25, 0.3) is 5.91 Å². The molecule has 1 saturated heterocycles. The maximum absolute atomic E-state index is 14.9. The number of fused-ring (bicyclic) bond motifs is 3. The molecule has 0 aromatic heterocycles. The zero-order valence-corrected chi connectivity index (χ0v) is 33.7. The van der Waals surface area contributed by atoms with Gasteiger partial charge in [-0.25, -0.2) is 18.0 Å². The number of carbonyl (C=O) groups is 5. The monoisotopic (exact) mass is 795 g/mol. The minimum Gasteiger partial charge on any atom is -0.449 e. The van der Waals surface area contributed by atoms with E-state index in [2.05, 4.69) is 41.8 Å². The van der Waals surface area contributed by atoms with Gasteiger partial charge < -0.3 is 25.0 Å². The predicted molar refractivity (Wildman–Crippen MR) is 206 cm³/mol. The molecule has 0 radical (unpaired) electrons. The van der Waals surface area contributed by atoms with Gasteiger partial charge in [-0.1, -0.05) is 70.7 Å². The molecule has 306 valence electrons. The number of nitrogens with one attached hydrogen (secondary N) is 3. The van der Waals surface area contributed by atoms with Gasteiger partial charge in [-0.3, -0.25) is 24.0 Å². The van der Waals surface area contributed by atoms with E-state index in [1.54, 1.807) is 4.90 Å². The van der Waals surface area contributed by atoms with Gasteiger partial charge in [0.05, 0.1) is 18.4 Å². The number of cyclic esters (lactones) is 1. The molecular weight excluding hydrogens is 739 g/mol. The number of carbonyl (C=O) groups excluding carboxylic acids is 5. The topological polar surface area (TPSA) is 181 Å². The van der Waals surface area contributed by atoms with Crippen LogP contribution in [0.2, 0.25) is 0 Å². The first-order valence-electron chi connectivity index (χ1n) is 20.3. The number of benzene rings is 1. The highest BCUT2D eigenvalue weighted by atomic mass is 32.2. The first-order valence-corrected chi connectivity index (χ1v) is 21.9. The summed E-state index contributed by atoms with van der Waals surface area (Å²) in [5.41, 5.74) is 0.799. The molecular formula is C41H57N5O9S. The van der Waals surface area contributed by atoms with Crippen molar-refractivity contribution in [2.24, 2.45) is 16.7 Å². The lowest BCUT2D eigenvalue weighted by Gasteiger charge is -2.42. The van der Waals surface area contributed by atoms with E-state index in [-0.39, 0.29) is 31.4 Å². The molecule has 1 aromatic carbocycles. The van der Waals surface area contributed by atoms with Gasteiger partial charge in [0.1, 0.15) is 23.7 Å². The maximum Gasteiger partial charge on any atom is 0.410 e. The average Bonchev–Trinajstić information content (AvgIpc) is 4.05. The zero-order valence-electron chi connectivity index (χ0n) is 32.9. The molecule has 4 bridgehead atoms. The minimum absolute atomic E-state index is 0.0613. The van der Waals surface area contributed by atoms with Crippen molar-refractivity contribution >= 4 is 39.9 Å². The van der Waals surface area contributed by atoms with Crippen molar-refractivity contribution in [3.8, 4) is 0 Å². The largest absolute Gasteiger partial charge is 0.449 e. The van der Waals surface area contributed by atoms with Crippen molar-refractivity contribution in [1.29, 1.82) is 0 Å². The lowest BCUT2D eigenvalue weighted by molar-refractivity contribution is -0.143. The van der Waals surface area contributed by atoms with Gasteiger partial charge in [-0.2, -0.15) is 0 Å². The van der Waals surface area contributed by atoms with Crippen LogP contribution in [0.3, 0.4) is 0 Å². The third-order valence-electron chi connectivity index (χ3n) is 13.0. The zero-order chi connectivity index (χ0) is 40.0. The molecule has 14 nitrogen and oxygen atoms in total.